The van der Waals surface area contributed by atoms with Crippen LogP contribution in [-0.2, 0) is 0 Å². The molecule has 1 amide bonds. The number of carbonyl (C=O) groups excluding carboxylic acids is 1. The molecule has 0 unspecified atom stereocenters. The van der Waals surface area contributed by atoms with Gasteiger partial charge in [0.1, 0.15) is 22.9 Å². The Bertz CT molecular complexity index is 1200. The molecule has 0 bridgehead atoms. The van der Waals surface area contributed by atoms with Gasteiger partial charge in [-0.2, -0.15) is 0 Å². The fraction of sp³-hybridized carbons (Fsp3) is 0. The van der Waals surface area contributed by atoms with Crippen LogP contribution in [0.3, 0.4) is 0 Å². The number of H-pyrrole nitrogens is 1. The SMILES string of the molecule is O=C(Nc1ccc(Oc2ccccc2)cc1)c1cc2ccc(F)cc2[nH]c1=O. The molecular formula is C22H15FN2O3. The Morgan fingerprint density at radius 2 is 1.61 bits per heavy atom. The fourth-order valence-corrected chi connectivity index (χ4v) is 2.77. The summed E-state index contributed by atoms with van der Waals surface area (Å²) in [4.78, 5) is 27.2. The first kappa shape index (κ1) is 17.5. The Balaban J connectivity index is 1.52. The second-order valence-corrected chi connectivity index (χ2v) is 6.14. The van der Waals surface area contributed by atoms with Crippen molar-refractivity contribution in [3.05, 3.63) is 101 Å². The van der Waals surface area contributed by atoms with Crippen molar-refractivity contribution in [2.45, 2.75) is 0 Å². The first-order chi connectivity index (χ1) is 13.6. The lowest BCUT2D eigenvalue weighted by molar-refractivity contribution is 0.102. The lowest BCUT2D eigenvalue weighted by atomic mass is 10.1. The van der Waals surface area contributed by atoms with Crippen molar-refractivity contribution in [1.82, 2.24) is 4.98 Å². The van der Waals surface area contributed by atoms with Gasteiger partial charge < -0.3 is 15.0 Å². The molecule has 3 aromatic carbocycles. The summed E-state index contributed by atoms with van der Waals surface area (Å²) in [6.45, 7) is 0. The number of anilines is 1. The third kappa shape index (κ3) is 3.76. The molecule has 0 saturated carbocycles. The first-order valence-corrected chi connectivity index (χ1v) is 8.55. The maximum absolute atomic E-state index is 13.3. The van der Waals surface area contributed by atoms with E-state index in [1.165, 1.54) is 24.3 Å². The maximum Gasteiger partial charge on any atom is 0.261 e. The molecule has 0 atom stereocenters. The molecule has 0 radical (unpaired) electrons. The van der Waals surface area contributed by atoms with Gasteiger partial charge in [-0.05, 0) is 66.0 Å². The Labute approximate surface area is 159 Å². The minimum Gasteiger partial charge on any atom is -0.457 e. The number of hydrogen-bond donors (Lipinski definition) is 2. The van der Waals surface area contributed by atoms with Gasteiger partial charge in [0.2, 0.25) is 0 Å². The summed E-state index contributed by atoms with van der Waals surface area (Å²) in [7, 11) is 0. The third-order valence-corrected chi connectivity index (χ3v) is 4.14. The number of halogens is 1. The predicted molar refractivity (Wildman–Crippen MR) is 105 cm³/mol. The van der Waals surface area contributed by atoms with E-state index < -0.39 is 17.3 Å². The Hall–Kier alpha value is -3.93. The minimum absolute atomic E-state index is 0.0521. The molecule has 1 heterocycles. The van der Waals surface area contributed by atoms with Gasteiger partial charge in [-0.3, -0.25) is 9.59 Å². The van der Waals surface area contributed by atoms with Gasteiger partial charge in [-0.15, -0.1) is 0 Å². The van der Waals surface area contributed by atoms with Crippen LogP contribution in [0.5, 0.6) is 11.5 Å². The van der Waals surface area contributed by atoms with Crippen molar-refractivity contribution < 1.29 is 13.9 Å². The Morgan fingerprint density at radius 3 is 2.36 bits per heavy atom. The fourth-order valence-electron chi connectivity index (χ4n) is 2.77. The molecule has 0 spiro atoms. The van der Waals surface area contributed by atoms with Crippen LogP contribution in [0.1, 0.15) is 10.4 Å². The molecule has 4 rings (SSSR count). The number of fused-ring (bicyclic) bond motifs is 1. The Kier molecular flexibility index (Phi) is 4.60. The topological polar surface area (TPSA) is 71.2 Å². The van der Waals surface area contributed by atoms with E-state index in [-0.39, 0.29) is 5.56 Å². The van der Waals surface area contributed by atoms with Gasteiger partial charge in [-0.25, -0.2) is 4.39 Å². The summed E-state index contributed by atoms with van der Waals surface area (Å²) in [5.74, 6) is 0.315. The van der Waals surface area contributed by atoms with E-state index in [2.05, 4.69) is 10.3 Å². The molecule has 0 aliphatic carbocycles. The smallest absolute Gasteiger partial charge is 0.261 e. The molecular weight excluding hydrogens is 359 g/mol. The lowest BCUT2D eigenvalue weighted by Gasteiger charge is -2.08. The van der Waals surface area contributed by atoms with Crippen molar-refractivity contribution in [3.63, 3.8) is 0 Å². The molecule has 0 aliphatic heterocycles. The molecule has 2 N–H and O–H groups in total. The van der Waals surface area contributed by atoms with Crippen LogP contribution in [0, 0.1) is 5.82 Å². The molecule has 0 aliphatic rings. The summed E-state index contributed by atoms with van der Waals surface area (Å²) >= 11 is 0. The molecule has 138 valence electrons. The van der Waals surface area contributed by atoms with Crippen LogP contribution < -0.4 is 15.6 Å². The number of benzene rings is 3. The minimum atomic E-state index is -0.584. The van der Waals surface area contributed by atoms with Crippen molar-refractivity contribution in [2.24, 2.45) is 0 Å². The molecule has 28 heavy (non-hydrogen) atoms. The van der Waals surface area contributed by atoms with E-state index in [0.717, 1.165) is 0 Å². The van der Waals surface area contributed by atoms with Crippen molar-refractivity contribution in [3.8, 4) is 11.5 Å². The normalized spacial score (nSPS) is 10.6. The zero-order chi connectivity index (χ0) is 19.5. The number of carbonyl (C=O) groups is 1. The summed E-state index contributed by atoms with van der Waals surface area (Å²) in [5.41, 5.74) is 0.219. The highest BCUT2D eigenvalue weighted by Gasteiger charge is 2.12. The van der Waals surface area contributed by atoms with Gasteiger partial charge >= 0.3 is 0 Å². The van der Waals surface area contributed by atoms with E-state index in [1.54, 1.807) is 24.3 Å². The Morgan fingerprint density at radius 1 is 0.893 bits per heavy atom. The van der Waals surface area contributed by atoms with Crippen LogP contribution in [0.2, 0.25) is 0 Å². The largest absolute Gasteiger partial charge is 0.457 e. The number of para-hydroxylation sites is 1. The first-order valence-electron chi connectivity index (χ1n) is 8.55. The number of rotatable bonds is 4. The lowest BCUT2D eigenvalue weighted by Crippen LogP contribution is -2.23. The molecule has 5 nitrogen and oxygen atoms in total. The molecule has 1 aromatic heterocycles. The van der Waals surface area contributed by atoms with Crippen LogP contribution in [0.15, 0.2) is 83.7 Å². The summed E-state index contributed by atoms with van der Waals surface area (Å²) in [6.07, 6.45) is 0. The number of pyridine rings is 1. The zero-order valence-electron chi connectivity index (χ0n) is 14.6. The average Bonchev–Trinajstić information content (AvgIpc) is 2.69. The van der Waals surface area contributed by atoms with E-state index in [0.29, 0.717) is 28.1 Å². The monoisotopic (exact) mass is 374 g/mol. The summed E-state index contributed by atoms with van der Waals surface area (Å²) in [6, 6.07) is 21.6. The van der Waals surface area contributed by atoms with Gasteiger partial charge in [-0.1, -0.05) is 18.2 Å². The standard InChI is InChI=1S/C22H15FN2O3/c23-15-7-6-14-12-19(22(27)25-20(14)13-15)21(26)24-16-8-10-18(11-9-16)28-17-4-2-1-3-5-17/h1-13H,(H,24,26)(H,25,27). The van der Waals surface area contributed by atoms with E-state index in [4.69, 9.17) is 4.74 Å². The van der Waals surface area contributed by atoms with E-state index in [1.807, 2.05) is 30.3 Å². The van der Waals surface area contributed by atoms with E-state index >= 15 is 0 Å². The molecule has 0 saturated heterocycles. The third-order valence-electron chi connectivity index (χ3n) is 4.14. The van der Waals surface area contributed by atoms with Crippen molar-refractivity contribution in [2.75, 3.05) is 5.32 Å². The van der Waals surface area contributed by atoms with Crippen molar-refractivity contribution >= 4 is 22.5 Å². The maximum atomic E-state index is 13.3. The van der Waals surface area contributed by atoms with Crippen LogP contribution in [0.4, 0.5) is 10.1 Å². The highest BCUT2D eigenvalue weighted by molar-refractivity contribution is 6.05. The van der Waals surface area contributed by atoms with Crippen LogP contribution in [-0.4, -0.2) is 10.9 Å². The van der Waals surface area contributed by atoms with Gasteiger partial charge in [0.25, 0.3) is 11.5 Å². The molecule has 6 heteroatoms. The average molecular weight is 374 g/mol. The molecule has 4 aromatic rings. The van der Waals surface area contributed by atoms with Gasteiger partial charge in [0.05, 0.1) is 5.52 Å². The highest BCUT2D eigenvalue weighted by atomic mass is 19.1. The number of aromatic nitrogens is 1. The number of hydrogen-bond acceptors (Lipinski definition) is 3. The number of ether oxygens (including phenoxy) is 1. The van der Waals surface area contributed by atoms with Crippen molar-refractivity contribution in [1.29, 1.82) is 0 Å². The predicted octanol–water partition coefficient (Wildman–Crippen LogP) is 4.71. The number of nitrogens with one attached hydrogen (secondary N) is 2. The van der Waals surface area contributed by atoms with Gasteiger partial charge in [0, 0.05) is 5.69 Å². The van der Waals surface area contributed by atoms with Crippen LogP contribution in [0.25, 0.3) is 10.9 Å². The van der Waals surface area contributed by atoms with Crippen LogP contribution >= 0.6 is 0 Å². The quantitative estimate of drug-likeness (QED) is 0.543. The highest BCUT2D eigenvalue weighted by Crippen LogP contribution is 2.23. The molecule has 0 fully saturated rings. The van der Waals surface area contributed by atoms with E-state index in [9.17, 15) is 14.0 Å². The number of amides is 1. The second-order valence-electron chi connectivity index (χ2n) is 6.14. The number of aromatic amines is 1. The van der Waals surface area contributed by atoms with Gasteiger partial charge in [0.15, 0.2) is 0 Å². The summed E-state index contributed by atoms with van der Waals surface area (Å²) < 4.78 is 19.0. The summed E-state index contributed by atoms with van der Waals surface area (Å²) in [5, 5.41) is 3.25. The zero-order valence-corrected chi connectivity index (χ0v) is 14.6. The second kappa shape index (κ2) is 7.36.